The number of aromatic hydroxyl groups is 1. The van der Waals surface area contributed by atoms with Gasteiger partial charge in [0.05, 0.1) is 7.11 Å². The molecule has 22 heavy (non-hydrogen) atoms. The SMILES string of the molecule is COC(=O)[C@@H]1CCC(=O)N1CN(C(C)=O)c1cccc(O)c1. The molecule has 1 heterocycles. The number of amides is 2. The molecule has 0 aliphatic carbocycles. The average molecular weight is 306 g/mol. The quantitative estimate of drug-likeness (QED) is 0.834. The largest absolute Gasteiger partial charge is 0.508 e. The van der Waals surface area contributed by atoms with Crippen LogP contribution in [0.1, 0.15) is 19.8 Å². The Morgan fingerprint density at radius 1 is 1.45 bits per heavy atom. The van der Waals surface area contributed by atoms with Crippen molar-refractivity contribution in [2.45, 2.75) is 25.8 Å². The van der Waals surface area contributed by atoms with E-state index in [1.807, 2.05) is 0 Å². The van der Waals surface area contributed by atoms with E-state index in [4.69, 9.17) is 4.74 Å². The molecule has 0 aromatic heterocycles. The third-order valence-electron chi connectivity index (χ3n) is 3.62. The van der Waals surface area contributed by atoms with Crippen molar-refractivity contribution in [3.8, 4) is 5.75 Å². The molecule has 2 rings (SSSR count). The number of rotatable bonds is 4. The van der Waals surface area contributed by atoms with Crippen molar-refractivity contribution in [1.82, 2.24) is 4.90 Å². The monoisotopic (exact) mass is 306 g/mol. The predicted molar refractivity (Wildman–Crippen MR) is 78.0 cm³/mol. The first-order valence-electron chi connectivity index (χ1n) is 6.88. The fraction of sp³-hybridized carbons (Fsp3) is 0.400. The molecule has 0 radical (unpaired) electrons. The first-order chi connectivity index (χ1) is 10.4. The molecule has 1 N–H and O–H groups in total. The lowest BCUT2D eigenvalue weighted by Gasteiger charge is -2.30. The fourth-order valence-electron chi connectivity index (χ4n) is 2.47. The number of nitrogens with zero attached hydrogens (tertiary/aromatic N) is 2. The molecule has 118 valence electrons. The van der Waals surface area contributed by atoms with Crippen molar-refractivity contribution in [2.24, 2.45) is 0 Å². The Bertz CT molecular complexity index is 601. The summed E-state index contributed by atoms with van der Waals surface area (Å²) in [5.41, 5.74) is 0.454. The Kier molecular flexibility index (Phi) is 4.65. The fourth-order valence-corrected chi connectivity index (χ4v) is 2.47. The summed E-state index contributed by atoms with van der Waals surface area (Å²) in [6.45, 7) is 1.30. The second kappa shape index (κ2) is 6.46. The van der Waals surface area contributed by atoms with Gasteiger partial charge in [0.15, 0.2) is 0 Å². The first-order valence-corrected chi connectivity index (χ1v) is 6.88. The van der Waals surface area contributed by atoms with Gasteiger partial charge in [-0.2, -0.15) is 0 Å². The van der Waals surface area contributed by atoms with Gasteiger partial charge in [-0.1, -0.05) is 6.07 Å². The maximum atomic E-state index is 12.0. The molecule has 0 spiro atoms. The van der Waals surface area contributed by atoms with E-state index in [1.165, 1.54) is 36.0 Å². The van der Waals surface area contributed by atoms with Gasteiger partial charge in [0.1, 0.15) is 18.5 Å². The summed E-state index contributed by atoms with van der Waals surface area (Å²) in [7, 11) is 1.27. The second-order valence-electron chi connectivity index (χ2n) is 5.05. The maximum absolute atomic E-state index is 12.0. The Morgan fingerprint density at radius 2 is 2.18 bits per heavy atom. The highest BCUT2D eigenvalue weighted by atomic mass is 16.5. The molecule has 2 amide bonds. The summed E-state index contributed by atoms with van der Waals surface area (Å²) >= 11 is 0. The van der Waals surface area contributed by atoms with Crippen molar-refractivity contribution in [2.75, 3.05) is 18.7 Å². The van der Waals surface area contributed by atoms with E-state index in [2.05, 4.69) is 0 Å². The summed E-state index contributed by atoms with van der Waals surface area (Å²) in [6, 6.07) is 5.48. The van der Waals surface area contributed by atoms with E-state index >= 15 is 0 Å². The zero-order valence-electron chi connectivity index (χ0n) is 12.5. The lowest BCUT2D eigenvalue weighted by molar-refractivity contribution is -0.149. The molecule has 1 saturated heterocycles. The van der Waals surface area contributed by atoms with Crippen molar-refractivity contribution in [1.29, 1.82) is 0 Å². The van der Waals surface area contributed by atoms with Crippen LogP contribution in [0.4, 0.5) is 5.69 Å². The summed E-state index contributed by atoms with van der Waals surface area (Å²) in [5.74, 6) is -0.984. The number of methoxy groups -OCH3 is 1. The zero-order chi connectivity index (χ0) is 16.3. The molecule has 1 aromatic carbocycles. The van der Waals surface area contributed by atoms with Crippen molar-refractivity contribution >= 4 is 23.5 Å². The van der Waals surface area contributed by atoms with Crippen molar-refractivity contribution in [3.63, 3.8) is 0 Å². The molecule has 7 heteroatoms. The minimum absolute atomic E-state index is 0.0148. The Hall–Kier alpha value is -2.57. The number of carbonyl (C=O) groups is 3. The van der Waals surface area contributed by atoms with Crippen LogP contribution in [0.3, 0.4) is 0 Å². The number of phenolic OH excluding ortho intramolecular Hbond substituents is 1. The third kappa shape index (κ3) is 3.19. The van der Waals surface area contributed by atoms with Gasteiger partial charge in [-0.15, -0.1) is 0 Å². The predicted octanol–water partition coefficient (Wildman–Crippen LogP) is 0.867. The van der Waals surface area contributed by atoms with Crippen LogP contribution < -0.4 is 4.90 Å². The molecular formula is C15H18N2O5. The molecule has 0 unspecified atom stereocenters. The number of ether oxygens (including phenoxy) is 1. The lowest BCUT2D eigenvalue weighted by atomic mass is 10.2. The summed E-state index contributed by atoms with van der Waals surface area (Å²) in [6.07, 6.45) is 0.614. The van der Waals surface area contributed by atoms with Crippen LogP contribution in [-0.2, 0) is 19.1 Å². The normalized spacial score (nSPS) is 17.5. The van der Waals surface area contributed by atoms with Gasteiger partial charge in [-0.3, -0.25) is 14.5 Å². The molecule has 1 aliphatic rings. The second-order valence-corrected chi connectivity index (χ2v) is 5.05. The van der Waals surface area contributed by atoms with Crippen LogP contribution in [0, 0.1) is 0 Å². The van der Waals surface area contributed by atoms with Crippen LogP contribution in [0.2, 0.25) is 0 Å². The van der Waals surface area contributed by atoms with E-state index in [-0.39, 0.29) is 30.7 Å². The lowest BCUT2D eigenvalue weighted by Crippen LogP contribution is -2.47. The molecule has 0 saturated carbocycles. The molecule has 0 bridgehead atoms. The third-order valence-corrected chi connectivity index (χ3v) is 3.62. The molecular weight excluding hydrogens is 288 g/mol. The smallest absolute Gasteiger partial charge is 0.328 e. The van der Waals surface area contributed by atoms with Crippen LogP contribution >= 0.6 is 0 Å². The minimum atomic E-state index is -0.684. The number of hydrogen-bond acceptors (Lipinski definition) is 5. The van der Waals surface area contributed by atoms with Gasteiger partial charge >= 0.3 is 5.97 Å². The number of benzene rings is 1. The first kappa shape index (κ1) is 15.8. The van der Waals surface area contributed by atoms with E-state index < -0.39 is 12.0 Å². The van der Waals surface area contributed by atoms with Crippen LogP contribution in [0.25, 0.3) is 0 Å². The van der Waals surface area contributed by atoms with Crippen LogP contribution in [0.15, 0.2) is 24.3 Å². The number of likely N-dealkylation sites (tertiary alicyclic amines) is 1. The minimum Gasteiger partial charge on any atom is -0.508 e. The summed E-state index contributed by atoms with van der Waals surface area (Å²) < 4.78 is 4.70. The van der Waals surface area contributed by atoms with Gasteiger partial charge in [0.2, 0.25) is 11.8 Å². The van der Waals surface area contributed by atoms with Gasteiger partial charge in [-0.05, 0) is 18.6 Å². The van der Waals surface area contributed by atoms with Gasteiger partial charge in [0, 0.05) is 25.1 Å². The molecule has 1 atom stereocenters. The Balaban J connectivity index is 2.25. The zero-order valence-corrected chi connectivity index (χ0v) is 12.5. The van der Waals surface area contributed by atoms with Crippen LogP contribution in [-0.4, -0.2) is 47.6 Å². The Morgan fingerprint density at radius 3 is 2.77 bits per heavy atom. The van der Waals surface area contributed by atoms with E-state index in [0.717, 1.165) is 0 Å². The van der Waals surface area contributed by atoms with E-state index in [9.17, 15) is 19.5 Å². The van der Waals surface area contributed by atoms with Gasteiger partial charge < -0.3 is 14.7 Å². The van der Waals surface area contributed by atoms with Crippen molar-refractivity contribution in [3.05, 3.63) is 24.3 Å². The van der Waals surface area contributed by atoms with Crippen LogP contribution in [0.5, 0.6) is 5.75 Å². The van der Waals surface area contributed by atoms with E-state index in [1.54, 1.807) is 12.1 Å². The summed E-state index contributed by atoms with van der Waals surface area (Å²) in [4.78, 5) is 38.3. The number of anilines is 1. The number of carbonyl (C=O) groups excluding carboxylic acids is 3. The topological polar surface area (TPSA) is 87.2 Å². The van der Waals surface area contributed by atoms with Gasteiger partial charge in [0.25, 0.3) is 0 Å². The highest BCUT2D eigenvalue weighted by Crippen LogP contribution is 2.24. The molecule has 1 aliphatic heterocycles. The van der Waals surface area contributed by atoms with E-state index in [0.29, 0.717) is 12.1 Å². The molecule has 7 nitrogen and oxygen atoms in total. The number of phenols is 1. The van der Waals surface area contributed by atoms with Gasteiger partial charge in [-0.25, -0.2) is 4.79 Å². The molecule has 1 fully saturated rings. The standard InChI is InChI=1S/C15H18N2O5/c1-10(18)16(11-4-3-5-12(19)8-11)9-17-13(15(21)22-2)6-7-14(17)20/h3-5,8,13,19H,6-7,9H2,1-2H3/t13-/m0/s1. The average Bonchev–Trinajstić information content (AvgIpc) is 2.84. The van der Waals surface area contributed by atoms with Crippen molar-refractivity contribution < 1.29 is 24.2 Å². The number of hydrogen-bond donors (Lipinski definition) is 1. The number of esters is 1. The Labute approximate surface area is 128 Å². The highest BCUT2D eigenvalue weighted by Gasteiger charge is 2.38. The highest BCUT2D eigenvalue weighted by molar-refractivity contribution is 5.93. The summed E-state index contributed by atoms with van der Waals surface area (Å²) in [5, 5.41) is 9.54. The maximum Gasteiger partial charge on any atom is 0.328 e. The molecule has 1 aromatic rings.